The number of aliphatic hydroxyl groups is 1. The molecule has 2 amide bonds. The van der Waals surface area contributed by atoms with Gasteiger partial charge in [-0.25, -0.2) is 9.18 Å². The van der Waals surface area contributed by atoms with Crippen molar-refractivity contribution in [2.75, 3.05) is 0 Å². The summed E-state index contributed by atoms with van der Waals surface area (Å²) in [6.45, 7) is 4.41. The molecule has 0 aliphatic heterocycles. The van der Waals surface area contributed by atoms with Crippen LogP contribution in [0.25, 0.3) is 0 Å². The molecule has 136 valence electrons. The summed E-state index contributed by atoms with van der Waals surface area (Å²) in [6.07, 6.45) is 1.66. The Bertz CT molecular complexity index is 743. The summed E-state index contributed by atoms with van der Waals surface area (Å²) in [5, 5.41) is 19.2. The number of aliphatic hydroxyl groups excluding tert-OH is 1. The van der Waals surface area contributed by atoms with Gasteiger partial charge in [0.2, 0.25) is 0 Å². The Kier molecular flexibility index (Phi) is 6.52. The van der Waals surface area contributed by atoms with Gasteiger partial charge in [-0.15, -0.1) is 0 Å². The summed E-state index contributed by atoms with van der Waals surface area (Å²) >= 11 is 0. The van der Waals surface area contributed by atoms with Crippen molar-refractivity contribution >= 4 is 6.03 Å². The Balaban J connectivity index is 1.93. The van der Waals surface area contributed by atoms with Crippen LogP contribution in [0.2, 0.25) is 0 Å². The number of aromatic nitrogens is 2. The minimum Gasteiger partial charge on any atom is -0.392 e. The number of carbonyl (C=O) groups is 1. The van der Waals surface area contributed by atoms with Crippen LogP contribution in [0, 0.1) is 5.82 Å². The number of nitrogens with one attached hydrogen (secondary N) is 2. The van der Waals surface area contributed by atoms with Gasteiger partial charge in [0.05, 0.1) is 12.3 Å². The van der Waals surface area contributed by atoms with E-state index in [0.29, 0.717) is 6.54 Å². The number of aryl methyl sites for hydroxylation is 2. The van der Waals surface area contributed by atoms with Gasteiger partial charge in [0.25, 0.3) is 0 Å². The summed E-state index contributed by atoms with van der Waals surface area (Å²) in [4.78, 5) is 12.0. The maximum atomic E-state index is 13.4. The molecular weight excluding hydrogens is 323 g/mol. The van der Waals surface area contributed by atoms with Crippen molar-refractivity contribution in [3.8, 4) is 0 Å². The third-order valence-electron chi connectivity index (χ3n) is 4.19. The molecule has 1 aromatic carbocycles. The van der Waals surface area contributed by atoms with E-state index in [-0.39, 0.29) is 24.7 Å². The Morgan fingerprint density at radius 2 is 1.96 bits per heavy atom. The fourth-order valence-corrected chi connectivity index (χ4v) is 2.87. The van der Waals surface area contributed by atoms with Crippen LogP contribution in [0.4, 0.5) is 9.18 Å². The highest BCUT2D eigenvalue weighted by Gasteiger charge is 2.14. The second-order valence-corrected chi connectivity index (χ2v) is 5.82. The van der Waals surface area contributed by atoms with Crippen molar-refractivity contribution in [3.05, 3.63) is 52.1 Å². The van der Waals surface area contributed by atoms with E-state index in [1.54, 1.807) is 12.1 Å². The van der Waals surface area contributed by atoms with Crippen LogP contribution < -0.4 is 10.6 Å². The van der Waals surface area contributed by atoms with Crippen LogP contribution in [0.1, 0.15) is 41.9 Å². The SMILES string of the molecule is CCc1nn(C)c(CC)c1CNC(=O)NCc1ccc(F)c(CO)c1. The highest BCUT2D eigenvalue weighted by atomic mass is 19.1. The fraction of sp³-hybridized carbons (Fsp3) is 0.444. The van der Waals surface area contributed by atoms with Crippen LogP contribution in [0.5, 0.6) is 0 Å². The predicted octanol–water partition coefficient (Wildman–Crippen LogP) is 2.18. The average Bonchev–Trinajstić information content (AvgIpc) is 2.93. The lowest BCUT2D eigenvalue weighted by Gasteiger charge is -2.10. The van der Waals surface area contributed by atoms with Gasteiger partial charge in [0, 0.05) is 37.0 Å². The van der Waals surface area contributed by atoms with Gasteiger partial charge in [0.15, 0.2) is 0 Å². The van der Waals surface area contributed by atoms with Gasteiger partial charge >= 0.3 is 6.03 Å². The lowest BCUT2D eigenvalue weighted by Crippen LogP contribution is -2.35. The Labute approximate surface area is 147 Å². The second-order valence-electron chi connectivity index (χ2n) is 5.82. The topological polar surface area (TPSA) is 79.2 Å². The third-order valence-corrected chi connectivity index (χ3v) is 4.19. The number of hydrogen-bond donors (Lipinski definition) is 3. The Hall–Kier alpha value is -2.41. The van der Waals surface area contributed by atoms with Crippen molar-refractivity contribution in [3.63, 3.8) is 0 Å². The molecule has 0 radical (unpaired) electrons. The normalized spacial score (nSPS) is 10.8. The molecule has 0 saturated heterocycles. The van der Waals surface area contributed by atoms with Gasteiger partial charge in [-0.2, -0.15) is 5.10 Å². The fourth-order valence-electron chi connectivity index (χ4n) is 2.87. The van der Waals surface area contributed by atoms with Gasteiger partial charge in [-0.05, 0) is 30.5 Å². The van der Waals surface area contributed by atoms with Crippen molar-refractivity contribution in [1.82, 2.24) is 20.4 Å². The second kappa shape index (κ2) is 8.62. The molecule has 2 aromatic rings. The van der Waals surface area contributed by atoms with E-state index in [1.165, 1.54) is 6.07 Å². The molecule has 2 rings (SSSR count). The van der Waals surface area contributed by atoms with Crippen molar-refractivity contribution in [2.45, 2.75) is 46.4 Å². The van der Waals surface area contributed by atoms with E-state index >= 15 is 0 Å². The molecule has 0 atom stereocenters. The van der Waals surface area contributed by atoms with Gasteiger partial charge in [-0.1, -0.05) is 19.9 Å². The molecule has 0 bridgehead atoms. The number of halogens is 1. The highest BCUT2D eigenvalue weighted by molar-refractivity contribution is 5.73. The maximum absolute atomic E-state index is 13.4. The minimum absolute atomic E-state index is 0.218. The zero-order valence-corrected chi connectivity index (χ0v) is 14.9. The van der Waals surface area contributed by atoms with E-state index in [4.69, 9.17) is 5.11 Å². The van der Waals surface area contributed by atoms with Gasteiger partial charge in [-0.3, -0.25) is 4.68 Å². The number of carbonyl (C=O) groups excluding carboxylic acids is 1. The monoisotopic (exact) mass is 348 g/mol. The minimum atomic E-state index is -0.452. The summed E-state index contributed by atoms with van der Waals surface area (Å²) < 4.78 is 15.2. The van der Waals surface area contributed by atoms with Crippen LogP contribution in [0.3, 0.4) is 0 Å². The predicted molar refractivity (Wildman–Crippen MR) is 93.4 cm³/mol. The third kappa shape index (κ3) is 4.57. The molecule has 0 aliphatic carbocycles. The first-order valence-electron chi connectivity index (χ1n) is 8.43. The molecule has 0 unspecified atom stereocenters. The number of rotatable bonds is 7. The van der Waals surface area contributed by atoms with E-state index in [0.717, 1.165) is 35.4 Å². The number of hydrogen-bond acceptors (Lipinski definition) is 3. The van der Waals surface area contributed by atoms with E-state index in [9.17, 15) is 9.18 Å². The molecule has 0 fully saturated rings. The van der Waals surface area contributed by atoms with Crippen LogP contribution in [0.15, 0.2) is 18.2 Å². The molecule has 6 nitrogen and oxygen atoms in total. The van der Waals surface area contributed by atoms with Gasteiger partial charge < -0.3 is 15.7 Å². The molecule has 3 N–H and O–H groups in total. The lowest BCUT2D eigenvalue weighted by molar-refractivity contribution is 0.240. The molecular formula is C18H25FN4O2. The average molecular weight is 348 g/mol. The molecule has 1 aromatic heterocycles. The number of amides is 2. The van der Waals surface area contributed by atoms with Crippen LogP contribution in [-0.2, 0) is 39.6 Å². The molecule has 0 aliphatic rings. The van der Waals surface area contributed by atoms with Crippen LogP contribution >= 0.6 is 0 Å². The molecule has 7 heteroatoms. The quantitative estimate of drug-likeness (QED) is 0.717. The van der Waals surface area contributed by atoms with E-state index in [1.807, 2.05) is 18.7 Å². The van der Waals surface area contributed by atoms with Crippen molar-refractivity contribution < 1.29 is 14.3 Å². The summed E-state index contributed by atoms with van der Waals surface area (Å²) in [6, 6.07) is 4.11. The van der Waals surface area contributed by atoms with Crippen molar-refractivity contribution in [1.29, 1.82) is 0 Å². The molecule has 25 heavy (non-hydrogen) atoms. The lowest BCUT2D eigenvalue weighted by atomic mass is 10.1. The standard InChI is InChI=1S/C18H25FN4O2/c1-4-16-14(17(5-2)23(3)22-16)10-21-18(25)20-9-12-6-7-15(19)13(8-12)11-24/h6-8,24H,4-5,9-11H2,1-3H3,(H2,20,21,25). The molecule has 1 heterocycles. The maximum Gasteiger partial charge on any atom is 0.315 e. The number of nitrogens with zero attached hydrogens (tertiary/aromatic N) is 2. The number of urea groups is 1. The highest BCUT2D eigenvalue weighted by Crippen LogP contribution is 2.15. The number of benzene rings is 1. The smallest absolute Gasteiger partial charge is 0.315 e. The Morgan fingerprint density at radius 3 is 2.60 bits per heavy atom. The summed E-state index contributed by atoms with van der Waals surface area (Å²) in [5.41, 5.74) is 4.11. The Morgan fingerprint density at radius 1 is 1.24 bits per heavy atom. The van der Waals surface area contributed by atoms with Gasteiger partial charge in [0.1, 0.15) is 5.82 Å². The van der Waals surface area contributed by atoms with Crippen molar-refractivity contribution in [2.24, 2.45) is 7.05 Å². The summed E-state index contributed by atoms with van der Waals surface area (Å²) in [7, 11) is 1.91. The summed E-state index contributed by atoms with van der Waals surface area (Å²) in [5.74, 6) is -0.452. The first-order chi connectivity index (χ1) is 12.0. The zero-order chi connectivity index (χ0) is 18.4. The molecule has 0 saturated carbocycles. The molecule has 0 spiro atoms. The van der Waals surface area contributed by atoms with E-state index in [2.05, 4.69) is 22.7 Å². The first-order valence-corrected chi connectivity index (χ1v) is 8.43. The largest absolute Gasteiger partial charge is 0.392 e. The zero-order valence-electron chi connectivity index (χ0n) is 14.9. The van der Waals surface area contributed by atoms with E-state index < -0.39 is 5.82 Å². The van der Waals surface area contributed by atoms with Crippen LogP contribution in [-0.4, -0.2) is 20.9 Å². The first kappa shape index (κ1) is 18.9.